The number of nitrogens with zero attached hydrogens (tertiary/aromatic N) is 3. The summed E-state index contributed by atoms with van der Waals surface area (Å²) in [6.07, 6.45) is 10.3. The topological polar surface area (TPSA) is 79.8 Å². The second-order valence-corrected chi connectivity index (χ2v) is 8.52. The molecule has 2 saturated heterocycles. The van der Waals surface area contributed by atoms with E-state index in [1.165, 1.54) is 22.8 Å². The quantitative estimate of drug-likeness (QED) is 0.707. The first-order chi connectivity index (χ1) is 12.5. The van der Waals surface area contributed by atoms with E-state index in [-0.39, 0.29) is 29.3 Å². The molecule has 3 atom stereocenters. The zero-order valence-corrected chi connectivity index (χ0v) is 15.6. The summed E-state index contributed by atoms with van der Waals surface area (Å²) in [7, 11) is -2.27. The average Bonchev–Trinajstić information content (AvgIpc) is 2.72. The molecule has 3 rings (SSSR count). The zero-order chi connectivity index (χ0) is 18.7. The van der Waals surface area contributed by atoms with Gasteiger partial charge in [-0.3, -0.25) is 9.78 Å². The van der Waals surface area contributed by atoms with Crippen molar-refractivity contribution in [2.24, 2.45) is 5.92 Å². The lowest BCUT2D eigenvalue weighted by Crippen LogP contribution is -2.55. The summed E-state index contributed by atoms with van der Waals surface area (Å²) in [5, 5.41) is 0. The van der Waals surface area contributed by atoms with E-state index in [9.17, 15) is 13.2 Å². The Labute approximate surface area is 154 Å². The fraction of sp³-hybridized carbons (Fsp3) is 0.556. The molecular weight excluding hydrogens is 354 g/mol. The molecule has 2 fully saturated rings. The van der Waals surface area contributed by atoms with Gasteiger partial charge < -0.3 is 9.64 Å². The van der Waals surface area contributed by atoms with Crippen molar-refractivity contribution in [3.63, 3.8) is 0 Å². The number of aromatic nitrogens is 1. The lowest BCUT2D eigenvalue weighted by atomic mass is 9.91. The highest BCUT2D eigenvalue weighted by atomic mass is 32.2. The van der Waals surface area contributed by atoms with Gasteiger partial charge in [-0.1, -0.05) is 5.92 Å². The number of hydrogen-bond acceptors (Lipinski definition) is 5. The van der Waals surface area contributed by atoms with Crippen LogP contribution in [0, 0.1) is 18.3 Å². The van der Waals surface area contributed by atoms with Crippen LogP contribution in [0.3, 0.4) is 0 Å². The molecular formula is C18H23N3O4S. The zero-order valence-electron chi connectivity index (χ0n) is 14.7. The van der Waals surface area contributed by atoms with Gasteiger partial charge in [0.1, 0.15) is 10.9 Å². The fourth-order valence-corrected chi connectivity index (χ4v) is 5.84. The van der Waals surface area contributed by atoms with Gasteiger partial charge in [0.25, 0.3) is 0 Å². The largest absolute Gasteiger partial charge is 0.384 e. The fourth-order valence-electron chi connectivity index (χ4n) is 3.98. The number of methoxy groups -OCH3 is 1. The Morgan fingerprint density at radius 3 is 2.88 bits per heavy atom. The van der Waals surface area contributed by atoms with E-state index in [1.54, 1.807) is 18.1 Å². The smallest absolute Gasteiger partial charge is 0.245 e. The van der Waals surface area contributed by atoms with Crippen LogP contribution in [0.15, 0.2) is 29.4 Å². The van der Waals surface area contributed by atoms with Crippen LogP contribution < -0.4 is 0 Å². The number of pyridine rings is 1. The van der Waals surface area contributed by atoms with Crippen LogP contribution in [0.25, 0.3) is 0 Å². The molecule has 2 aliphatic rings. The van der Waals surface area contributed by atoms with Gasteiger partial charge >= 0.3 is 0 Å². The Hall–Kier alpha value is -1.95. The van der Waals surface area contributed by atoms with Crippen LogP contribution >= 0.6 is 0 Å². The minimum Gasteiger partial charge on any atom is -0.384 e. The molecule has 1 amide bonds. The predicted octanol–water partition coefficient (Wildman–Crippen LogP) is 0.731. The number of hydrogen-bond donors (Lipinski definition) is 0. The number of carbonyl (C=O) groups excluding carboxylic acids is 1. The minimum absolute atomic E-state index is 0.103. The third-order valence-corrected chi connectivity index (χ3v) is 7.00. The summed E-state index contributed by atoms with van der Waals surface area (Å²) in [6, 6.07) is 2.07. The molecule has 1 unspecified atom stereocenters. The summed E-state index contributed by atoms with van der Waals surface area (Å²) >= 11 is 0. The van der Waals surface area contributed by atoms with Gasteiger partial charge in [-0.2, -0.15) is 4.31 Å². The maximum Gasteiger partial charge on any atom is 0.245 e. The second-order valence-electron chi connectivity index (χ2n) is 6.68. The maximum absolute atomic E-state index is 13.3. The molecule has 0 radical (unpaired) electrons. The predicted molar refractivity (Wildman–Crippen MR) is 95.5 cm³/mol. The molecule has 7 nitrogen and oxygen atoms in total. The number of rotatable bonds is 5. The highest BCUT2D eigenvalue weighted by Crippen LogP contribution is 2.36. The van der Waals surface area contributed by atoms with E-state index in [2.05, 4.69) is 10.9 Å². The minimum atomic E-state index is -3.85. The normalized spacial score (nSPS) is 27.0. The van der Waals surface area contributed by atoms with Crippen molar-refractivity contribution >= 4 is 15.9 Å². The van der Waals surface area contributed by atoms with Crippen LogP contribution in [-0.2, 0) is 19.6 Å². The molecule has 1 aromatic rings. The van der Waals surface area contributed by atoms with Crippen LogP contribution in [0.5, 0.6) is 0 Å². The van der Waals surface area contributed by atoms with Gasteiger partial charge in [-0.25, -0.2) is 8.42 Å². The van der Waals surface area contributed by atoms with E-state index < -0.39 is 16.1 Å². The first kappa shape index (κ1) is 18.8. The average molecular weight is 377 g/mol. The van der Waals surface area contributed by atoms with Crippen molar-refractivity contribution in [1.29, 1.82) is 0 Å². The van der Waals surface area contributed by atoms with Crippen molar-refractivity contribution in [2.45, 2.75) is 36.2 Å². The van der Waals surface area contributed by atoms with E-state index in [0.717, 1.165) is 6.42 Å². The standard InChI is InChI=1S/C18H23N3O4S/c1-3-10-20-12-14(13-25-2)16-7-4-8-17(18(20)22)21(16)26(23,24)15-6-5-9-19-11-15/h1,5-6,9,11,14,16-17H,4,7-8,10,12-13H2,2H3/t14-,16+,17?/m1/s1. The highest BCUT2D eigenvalue weighted by molar-refractivity contribution is 7.89. The lowest BCUT2D eigenvalue weighted by molar-refractivity contribution is -0.134. The summed E-state index contributed by atoms with van der Waals surface area (Å²) in [5.74, 6) is 2.16. The second kappa shape index (κ2) is 7.74. The summed E-state index contributed by atoms with van der Waals surface area (Å²) in [4.78, 5) is 18.7. The van der Waals surface area contributed by atoms with Crippen LogP contribution in [0.4, 0.5) is 0 Å². The van der Waals surface area contributed by atoms with E-state index >= 15 is 0 Å². The van der Waals surface area contributed by atoms with Crippen molar-refractivity contribution in [3.8, 4) is 12.3 Å². The van der Waals surface area contributed by atoms with Crippen molar-refractivity contribution in [1.82, 2.24) is 14.2 Å². The third-order valence-electron chi connectivity index (χ3n) is 5.08. The summed E-state index contributed by atoms with van der Waals surface area (Å²) < 4.78 is 33.4. The van der Waals surface area contributed by atoms with Gasteiger partial charge in [0.05, 0.1) is 13.2 Å². The molecule has 2 aliphatic heterocycles. The molecule has 26 heavy (non-hydrogen) atoms. The van der Waals surface area contributed by atoms with Crippen molar-refractivity contribution < 1.29 is 17.9 Å². The Kier molecular flexibility index (Phi) is 5.61. The van der Waals surface area contributed by atoms with Crippen LogP contribution in [0.2, 0.25) is 0 Å². The Balaban J connectivity index is 2.08. The number of amides is 1. The SMILES string of the molecule is C#CCN1C[C@H](COC)[C@@H]2CCCC(C1=O)N2S(=O)(=O)c1cccnc1. The summed E-state index contributed by atoms with van der Waals surface area (Å²) in [5.41, 5.74) is 0. The monoisotopic (exact) mass is 377 g/mol. The van der Waals surface area contributed by atoms with E-state index in [0.29, 0.717) is 26.0 Å². The Morgan fingerprint density at radius 2 is 2.23 bits per heavy atom. The molecule has 2 bridgehead atoms. The van der Waals surface area contributed by atoms with Crippen LogP contribution in [0.1, 0.15) is 19.3 Å². The van der Waals surface area contributed by atoms with Crippen molar-refractivity contribution in [3.05, 3.63) is 24.5 Å². The molecule has 3 heterocycles. The third kappa shape index (κ3) is 3.34. The maximum atomic E-state index is 13.3. The first-order valence-corrected chi connectivity index (χ1v) is 10.1. The van der Waals surface area contributed by atoms with Crippen molar-refractivity contribution in [2.75, 3.05) is 26.8 Å². The molecule has 8 heteroatoms. The number of ether oxygens (including phenoxy) is 1. The Morgan fingerprint density at radius 1 is 1.42 bits per heavy atom. The Bertz CT molecular complexity index is 790. The van der Waals surface area contributed by atoms with Gasteiger partial charge in [0, 0.05) is 38.0 Å². The molecule has 0 saturated carbocycles. The molecule has 0 spiro atoms. The number of fused-ring (bicyclic) bond motifs is 2. The van der Waals surface area contributed by atoms with Gasteiger partial charge in [0.15, 0.2) is 0 Å². The van der Waals surface area contributed by atoms with E-state index in [1.807, 2.05) is 0 Å². The number of carbonyl (C=O) groups is 1. The molecule has 0 N–H and O–H groups in total. The molecule has 0 aromatic carbocycles. The number of piperidine rings is 1. The van der Waals surface area contributed by atoms with Crippen LogP contribution in [-0.4, -0.2) is 67.4 Å². The first-order valence-electron chi connectivity index (χ1n) is 8.65. The molecule has 1 aromatic heterocycles. The number of terminal acetylenes is 1. The van der Waals surface area contributed by atoms with Gasteiger partial charge in [0.2, 0.25) is 15.9 Å². The lowest BCUT2D eigenvalue weighted by Gasteiger charge is -2.40. The van der Waals surface area contributed by atoms with Gasteiger partial charge in [-0.05, 0) is 31.4 Å². The molecule has 0 aliphatic carbocycles. The highest BCUT2D eigenvalue weighted by Gasteiger charge is 2.49. The molecule has 140 valence electrons. The van der Waals surface area contributed by atoms with E-state index in [4.69, 9.17) is 11.2 Å². The number of sulfonamides is 1. The summed E-state index contributed by atoms with van der Waals surface area (Å²) in [6.45, 7) is 0.935. The van der Waals surface area contributed by atoms with Gasteiger partial charge in [-0.15, -0.1) is 6.42 Å².